The van der Waals surface area contributed by atoms with Gasteiger partial charge in [0.25, 0.3) is 11.9 Å². The molecule has 23 heavy (non-hydrogen) atoms. The molecular weight excluding hydrogens is 302 g/mol. The first-order valence-electron chi connectivity index (χ1n) is 6.87. The van der Waals surface area contributed by atoms with Crippen LogP contribution in [0.3, 0.4) is 0 Å². The van der Waals surface area contributed by atoms with E-state index in [9.17, 15) is 19.7 Å². The fourth-order valence-electron chi connectivity index (χ4n) is 2.67. The number of benzene rings is 1. The zero-order chi connectivity index (χ0) is 16.7. The SMILES string of the molecule is CN1C(=O)C2C(=NC([N+](=O)[O-])=[N+]2Cc2ccccc2)N(C)C1=O. The predicted octanol–water partition coefficient (Wildman–Crippen LogP) is 0.136. The second-order valence-electron chi connectivity index (χ2n) is 5.28. The lowest BCUT2D eigenvalue weighted by Gasteiger charge is -2.28. The fraction of sp³-hybridized carbons (Fsp3) is 0.286. The topological polar surface area (TPSA) is 99.1 Å². The summed E-state index contributed by atoms with van der Waals surface area (Å²) >= 11 is 0. The molecule has 9 nitrogen and oxygen atoms in total. The molecule has 2 aliphatic heterocycles. The lowest BCUT2D eigenvalue weighted by atomic mass is 10.1. The molecule has 2 aliphatic rings. The van der Waals surface area contributed by atoms with Crippen LogP contribution in [0.1, 0.15) is 5.56 Å². The van der Waals surface area contributed by atoms with Crippen molar-refractivity contribution in [2.45, 2.75) is 12.6 Å². The van der Waals surface area contributed by atoms with Gasteiger partial charge in [-0.25, -0.2) is 4.79 Å². The molecule has 1 unspecified atom stereocenters. The average Bonchev–Trinajstić information content (AvgIpc) is 2.91. The number of amides is 3. The Kier molecular flexibility index (Phi) is 3.40. The Morgan fingerprint density at radius 2 is 1.87 bits per heavy atom. The number of carbonyl (C=O) groups is 2. The predicted molar refractivity (Wildman–Crippen MR) is 79.6 cm³/mol. The van der Waals surface area contributed by atoms with Crippen molar-refractivity contribution in [3.05, 3.63) is 46.0 Å². The lowest BCUT2D eigenvalue weighted by Crippen LogP contribution is -2.61. The number of fused-ring (bicyclic) bond motifs is 1. The van der Waals surface area contributed by atoms with E-state index in [-0.39, 0.29) is 12.4 Å². The molecule has 2 heterocycles. The molecule has 1 fully saturated rings. The van der Waals surface area contributed by atoms with Gasteiger partial charge in [0.05, 0.1) is 9.92 Å². The summed E-state index contributed by atoms with van der Waals surface area (Å²) in [7, 11) is 2.80. The summed E-state index contributed by atoms with van der Waals surface area (Å²) in [4.78, 5) is 41.1. The van der Waals surface area contributed by atoms with Crippen LogP contribution in [0.2, 0.25) is 0 Å². The maximum absolute atomic E-state index is 12.5. The van der Waals surface area contributed by atoms with Gasteiger partial charge in [0.1, 0.15) is 6.54 Å². The van der Waals surface area contributed by atoms with Crippen LogP contribution in [0, 0.1) is 10.1 Å². The van der Waals surface area contributed by atoms with E-state index in [1.165, 1.54) is 23.6 Å². The standard InChI is InChI=1S/C14H14N5O4/c1-16-11-10(12(20)17(2)14(16)21)18(13(15-11)19(22)23)8-9-6-4-3-5-7-9/h3-7,10H,8H2,1-2H3/q+1. The number of nitro groups is 1. The van der Waals surface area contributed by atoms with Crippen molar-refractivity contribution in [2.75, 3.05) is 14.1 Å². The average molecular weight is 316 g/mol. The van der Waals surface area contributed by atoms with Crippen molar-refractivity contribution in [1.29, 1.82) is 0 Å². The molecule has 1 aromatic carbocycles. The number of guanidine groups is 1. The summed E-state index contributed by atoms with van der Waals surface area (Å²) < 4.78 is 1.31. The Balaban J connectivity index is 2.06. The molecule has 0 saturated carbocycles. The highest BCUT2D eigenvalue weighted by molar-refractivity contribution is 6.22. The Morgan fingerprint density at radius 1 is 1.22 bits per heavy atom. The maximum atomic E-state index is 12.5. The van der Waals surface area contributed by atoms with E-state index >= 15 is 0 Å². The molecule has 0 N–H and O–H groups in total. The number of likely N-dealkylation sites (N-methyl/N-ethyl adjacent to an activating group) is 2. The van der Waals surface area contributed by atoms with E-state index in [0.29, 0.717) is 0 Å². The highest BCUT2D eigenvalue weighted by atomic mass is 16.6. The van der Waals surface area contributed by atoms with Crippen LogP contribution in [0.4, 0.5) is 4.79 Å². The number of imide groups is 1. The quantitative estimate of drug-likeness (QED) is 0.440. The van der Waals surface area contributed by atoms with Crippen LogP contribution in [0.25, 0.3) is 0 Å². The van der Waals surface area contributed by atoms with E-state index in [1.54, 1.807) is 12.1 Å². The van der Waals surface area contributed by atoms with Crippen molar-refractivity contribution in [3.63, 3.8) is 0 Å². The minimum Gasteiger partial charge on any atom is -0.320 e. The minimum absolute atomic E-state index is 0.0840. The molecule has 1 aromatic rings. The third-order valence-electron chi connectivity index (χ3n) is 3.87. The third kappa shape index (κ3) is 2.26. The zero-order valence-electron chi connectivity index (χ0n) is 12.5. The van der Waals surface area contributed by atoms with Gasteiger partial charge in [0, 0.05) is 19.7 Å². The summed E-state index contributed by atoms with van der Waals surface area (Å²) in [6, 6.07) is 7.53. The van der Waals surface area contributed by atoms with Crippen molar-refractivity contribution < 1.29 is 19.1 Å². The maximum Gasteiger partial charge on any atom is 0.627 e. The molecule has 0 aliphatic carbocycles. The number of aliphatic imine (C=N–C) groups is 1. The largest absolute Gasteiger partial charge is 0.627 e. The highest BCUT2D eigenvalue weighted by Crippen LogP contribution is 2.20. The van der Waals surface area contributed by atoms with E-state index in [1.807, 2.05) is 18.2 Å². The van der Waals surface area contributed by atoms with E-state index in [0.717, 1.165) is 10.5 Å². The molecule has 3 amide bonds. The number of amidine groups is 1. The number of nitrogens with zero attached hydrogens (tertiary/aromatic N) is 5. The van der Waals surface area contributed by atoms with Gasteiger partial charge in [-0.3, -0.25) is 14.6 Å². The second kappa shape index (κ2) is 5.27. The number of carbonyl (C=O) groups excluding carboxylic acids is 2. The lowest BCUT2D eigenvalue weighted by molar-refractivity contribution is -0.593. The van der Waals surface area contributed by atoms with Crippen molar-refractivity contribution >= 4 is 23.7 Å². The Hall–Kier alpha value is -3.10. The van der Waals surface area contributed by atoms with Crippen molar-refractivity contribution in [2.24, 2.45) is 4.99 Å². The van der Waals surface area contributed by atoms with Gasteiger partial charge in [-0.2, -0.15) is 4.58 Å². The molecular formula is C14H14N5O4+. The Morgan fingerprint density at radius 3 is 2.48 bits per heavy atom. The number of urea groups is 1. The normalized spacial score (nSPS) is 20.8. The highest BCUT2D eigenvalue weighted by Gasteiger charge is 2.58. The second-order valence-corrected chi connectivity index (χ2v) is 5.28. The molecule has 9 heteroatoms. The summed E-state index contributed by atoms with van der Waals surface area (Å²) in [5.41, 5.74) is 0.804. The molecule has 0 spiro atoms. The van der Waals surface area contributed by atoms with Gasteiger partial charge in [-0.1, -0.05) is 30.3 Å². The van der Waals surface area contributed by atoms with Crippen molar-refractivity contribution in [3.8, 4) is 0 Å². The first kappa shape index (κ1) is 14.8. The number of hydrogen-bond donors (Lipinski definition) is 0. The van der Waals surface area contributed by atoms with Gasteiger partial charge in [-0.05, 0) is 0 Å². The van der Waals surface area contributed by atoms with Crippen LogP contribution < -0.4 is 0 Å². The first-order valence-corrected chi connectivity index (χ1v) is 6.87. The van der Waals surface area contributed by atoms with Gasteiger partial charge in [0.15, 0.2) is 0 Å². The summed E-state index contributed by atoms with van der Waals surface area (Å²) in [6.07, 6.45) is 0. The molecule has 3 rings (SSSR count). The summed E-state index contributed by atoms with van der Waals surface area (Å²) in [6.45, 7) is 0.149. The molecule has 0 radical (unpaired) electrons. The number of hydrogen-bond acceptors (Lipinski definition) is 5. The summed E-state index contributed by atoms with van der Waals surface area (Å²) in [5.74, 6) is -0.877. The van der Waals surface area contributed by atoms with E-state index in [4.69, 9.17) is 0 Å². The number of rotatable bonds is 2. The van der Waals surface area contributed by atoms with E-state index in [2.05, 4.69) is 4.99 Å². The molecule has 1 atom stereocenters. The van der Waals surface area contributed by atoms with Gasteiger partial charge < -0.3 is 10.1 Å². The zero-order valence-corrected chi connectivity index (χ0v) is 12.5. The monoisotopic (exact) mass is 316 g/mol. The van der Waals surface area contributed by atoms with E-state index < -0.39 is 28.9 Å². The van der Waals surface area contributed by atoms with Crippen LogP contribution in [0.15, 0.2) is 35.3 Å². The first-order chi connectivity index (χ1) is 10.9. The Labute approximate surface area is 131 Å². The molecule has 0 bridgehead atoms. The fourth-order valence-corrected chi connectivity index (χ4v) is 2.67. The van der Waals surface area contributed by atoms with Crippen LogP contribution in [-0.4, -0.2) is 63.2 Å². The van der Waals surface area contributed by atoms with Crippen LogP contribution in [0.5, 0.6) is 0 Å². The van der Waals surface area contributed by atoms with Gasteiger partial charge in [-0.15, -0.1) is 0 Å². The molecule has 0 aromatic heterocycles. The van der Waals surface area contributed by atoms with Gasteiger partial charge in [0.2, 0.25) is 0 Å². The minimum atomic E-state index is -0.969. The third-order valence-corrected chi connectivity index (χ3v) is 3.87. The van der Waals surface area contributed by atoms with Crippen LogP contribution in [-0.2, 0) is 11.3 Å². The smallest absolute Gasteiger partial charge is 0.320 e. The molecule has 118 valence electrons. The molecule has 1 saturated heterocycles. The van der Waals surface area contributed by atoms with Crippen LogP contribution >= 0.6 is 0 Å². The van der Waals surface area contributed by atoms with Gasteiger partial charge >= 0.3 is 17.8 Å². The summed E-state index contributed by atoms with van der Waals surface area (Å²) in [5, 5.41) is 11.3. The Bertz CT molecular complexity index is 771. The van der Waals surface area contributed by atoms with Crippen molar-refractivity contribution in [1.82, 2.24) is 9.80 Å².